The number of likely N-dealkylation sites (tertiary alicyclic amines) is 1. The lowest BCUT2D eigenvalue weighted by Crippen LogP contribution is -2.64. The van der Waals surface area contributed by atoms with Crippen LogP contribution in [-0.2, 0) is 5.41 Å². The fourth-order valence-electron chi connectivity index (χ4n) is 6.29. The molecule has 0 radical (unpaired) electrons. The van der Waals surface area contributed by atoms with Crippen LogP contribution in [0.1, 0.15) is 77.6 Å². The van der Waals surface area contributed by atoms with E-state index in [9.17, 15) is 9.59 Å². The molecule has 2 saturated carbocycles. The number of fused-ring (bicyclic) bond motifs is 1. The highest BCUT2D eigenvalue weighted by Gasteiger charge is 2.57. The van der Waals surface area contributed by atoms with Crippen LogP contribution < -0.4 is 5.73 Å². The summed E-state index contributed by atoms with van der Waals surface area (Å²) >= 11 is 0. The standard InChI is InChI=1S/C22H28N2O2/c23-21(26)15-7-8-16-18(12-15)22-9-2-1-6-17(22)19(20(16)25)24(11-10-22)13-14-4-3-5-14/h7-8,12,14,17,19H,1-6,9-11,13H2,(H2,23,26)/t17-,19+,22+/m0/s1. The number of nitrogens with two attached hydrogens (primary N) is 1. The van der Waals surface area contributed by atoms with Crippen LogP contribution >= 0.6 is 0 Å². The van der Waals surface area contributed by atoms with Gasteiger partial charge in [0.05, 0.1) is 6.04 Å². The molecule has 1 saturated heterocycles. The van der Waals surface area contributed by atoms with Gasteiger partial charge in [-0.3, -0.25) is 14.5 Å². The molecule has 0 unspecified atom stereocenters. The van der Waals surface area contributed by atoms with Crippen LogP contribution in [0.5, 0.6) is 0 Å². The summed E-state index contributed by atoms with van der Waals surface area (Å²) in [5, 5.41) is 0. The second-order valence-corrected chi connectivity index (χ2v) is 8.98. The predicted molar refractivity (Wildman–Crippen MR) is 100 cm³/mol. The third kappa shape index (κ3) is 2.24. The molecule has 2 N–H and O–H groups in total. The average Bonchev–Trinajstić information content (AvgIpc) is 2.62. The van der Waals surface area contributed by atoms with Crippen molar-refractivity contribution in [2.45, 2.75) is 62.8 Å². The van der Waals surface area contributed by atoms with Gasteiger partial charge in [-0.1, -0.05) is 25.3 Å². The number of piperidine rings is 1. The molecule has 4 aliphatic rings. The van der Waals surface area contributed by atoms with Crippen molar-refractivity contribution in [2.24, 2.45) is 17.6 Å². The van der Waals surface area contributed by atoms with Crippen LogP contribution in [0, 0.1) is 11.8 Å². The van der Waals surface area contributed by atoms with Crippen LogP contribution in [0.4, 0.5) is 0 Å². The number of ketones is 1. The number of carbonyl (C=O) groups is 2. The Kier molecular flexibility index (Phi) is 3.75. The first-order valence-corrected chi connectivity index (χ1v) is 10.3. The number of rotatable bonds is 3. The van der Waals surface area contributed by atoms with Crippen molar-refractivity contribution in [3.8, 4) is 0 Å². The number of hydrogen-bond donors (Lipinski definition) is 1. The molecule has 1 aromatic rings. The Morgan fingerprint density at radius 1 is 1.15 bits per heavy atom. The minimum Gasteiger partial charge on any atom is -0.366 e. The number of nitrogens with zero attached hydrogens (tertiary/aromatic N) is 1. The Labute approximate surface area is 155 Å². The van der Waals surface area contributed by atoms with Crippen molar-refractivity contribution in [1.82, 2.24) is 4.90 Å². The molecule has 138 valence electrons. The topological polar surface area (TPSA) is 63.4 Å². The summed E-state index contributed by atoms with van der Waals surface area (Å²) < 4.78 is 0. The van der Waals surface area contributed by atoms with Gasteiger partial charge in [0.15, 0.2) is 5.78 Å². The van der Waals surface area contributed by atoms with Crippen molar-refractivity contribution >= 4 is 11.7 Å². The molecule has 3 aliphatic carbocycles. The first kappa shape index (κ1) is 16.5. The summed E-state index contributed by atoms with van der Waals surface area (Å²) in [5.74, 6) is 1.09. The van der Waals surface area contributed by atoms with E-state index in [-0.39, 0.29) is 17.2 Å². The summed E-state index contributed by atoms with van der Waals surface area (Å²) in [7, 11) is 0. The van der Waals surface area contributed by atoms with Gasteiger partial charge in [-0.15, -0.1) is 0 Å². The monoisotopic (exact) mass is 352 g/mol. The third-order valence-electron chi connectivity index (χ3n) is 7.81. The van der Waals surface area contributed by atoms with E-state index in [1.54, 1.807) is 6.07 Å². The summed E-state index contributed by atoms with van der Waals surface area (Å²) in [6.45, 7) is 2.11. The van der Waals surface area contributed by atoms with E-state index in [0.29, 0.717) is 11.5 Å². The Morgan fingerprint density at radius 3 is 2.73 bits per heavy atom. The highest BCUT2D eigenvalue weighted by atomic mass is 16.1. The molecule has 1 amide bonds. The molecule has 3 atom stereocenters. The molecule has 2 bridgehead atoms. The lowest BCUT2D eigenvalue weighted by atomic mass is 9.52. The van der Waals surface area contributed by atoms with Gasteiger partial charge < -0.3 is 5.73 Å². The third-order valence-corrected chi connectivity index (χ3v) is 7.81. The molecule has 0 aromatic heterocycles. The van der Waals surface area contributed by atoms with Gasteiger partial charge >= 0.3 is 0 Å². The average molecular weight is 352 g/mol. The number of primary amides is 1. The van der Waals surface area contributed by atoms with Crippen molar-refractivity contribution in [2.75, 3.05) is 13.1 Å². The van der Waals surface area contributed by atoms with Gasteiger partial charge in [-0.25, -0.2) is 0 Å². The fourth-order valence-corrected chi connectivity index (χ4v) is 6.29. The van der Waals surface area contributed by atoms with E-state index in [0.717, 1.165) is 49.4 Å². The second-order valence-electron chi connectivity index (χ2n) is 8.98. The van der Waals surface area contributed by atoms with E-state index < -0.39 is 5.91 Å². The maximum absolute atomic E-state index is 13.5. The number of amides is 1. The summed E-state index contributed by atoms with van der Waals surface area (Å²) in [6, 6.07) is 5.62. The summed E-state index contributed by atoms with van der Waals surface area (Å²) in [6.07, 6.45) is 9.84. The molecule has 4 nitrogen and oxygen atoms in total. The molecule has 0 spiro atoms. The Hall–Kier alpha value is -1.68. The molecule has 4 heteroatoms. The molecule has 1 heterocycles. The summed E-state index contributed by atoms with van der Waals surface area (Å²) in [4.78, 5) is 27.8. The van der Waals surface area contributed by atoms with Crippen LogP contribution in [0.2, 0.25) is 0 Å². The van der Waals surface area contributed by atoms with E-state index in [2.05, 4.69) is 4.90 Å². The Bertz CT molecular complexity index is 769. The van der Waals surface area contributed by atoms with Gasteiger partial charge in [0.1, 0.15) is 0 Å². The van der Waals surface area contributed by atoms with Gasteiger partial charge in [-0.05, 0) is 68.2 Å². The normalized spacial score (nSPS) is 33.9. The molecule has 26 heavy (non-hydrogen) atoms. The van der Waals surface area contributed by atoms with Gasteiger partial charge in [0.25, 0.3) is 0 Å². The Morgan fingerprint density at radius 2 is 2.00 bits per heavy atom. The van der Waals surface area contributed by atoms with Crippen LogP contribution in [0.15, 0.2) is 18.2 Å². The predicted octanol–water partition coefficient (Wildman–Crippen LogP) is 3.28. The van der Waals surface area contributed by atoms with Crippen molar-refractivity contribution in [3.63, 3.8) is 0 Å². The van der Waals surface area contributed by atoms with Crippen LogP contribution in [0.25, 0.3) is 0 Å². The number of carbonyl (C=O) groups excluding carboxylic acids is 2. The van der Waals surface area contributed by atoms with Crippen molar-refractivity contribution < 1.29 is 9.59 Å². The van der Waals surface area contributed by atoms with Crippen molar-refractivity contribution in [3.05, 3.63) is 34.9 Å². The number of benzene rings is 1. The van der Waals surface area contributed by atoms with E-state index >= 15 is 0 Å². The van der Waals surface area contributed by atoms with Crippen LogP contribution in [-0.4, -0.2) is 35.7 Å². The largest absolute Gasteiger partial charge is 0.366 e. The molecular weight excluding hydrogens is 324 g/mol. The molecule has 1 aliphatic heterocycles. The minimum absolute atomic E-state index is 0.0524. The lowest BCUT2D eigenvalue weighted by molar-refractivity contribution is -0.0135. The van der Waals surface area contributed by atoms with Crippen molar-refractivity contribution in [1.29, 1.82) is 0 Å². The Balaban J connectivity index is 1.60. The first-order chi connectivity index (χ1) is 12.6. The van der Waals surface area contributed by atoms with Gasteiger partial charge in [0, 0.05) is 23.1 Å². The van der Waals surface area contributed by atoms with Gasteiger partial charge in [-0.2, -0.15) is 0 Å². The second kappa shape index (κ2) is 5.91. The van der Waals surface area contributed by atoms with Crippen LogP contribution in [0.3, 0.4) is 0 Å². The van der Waals surface area contributed by atoms with Gasteiger partial charge in [0.2, 0.25) is 5.91 Å². The molecule has 3 fully saturated rings. The van der Waals surface area contributed by atoms with E-state index in [1.165, 1.54) is 32.1 Å². The maximum atomic E-state index is 13.5. The molecule has 5 rings (SSSR count). The first-order valence-electron chi connectivity index (χ1n) is 10.3. The highest BCUT2D eigenvalue weighted by molar-refractivity contribution is 6.05. The smallest absolute Gasteiger partial charge is 0.248 e. The quantitative estimate of drug-likeness (QED) is 0.908. The van der Waals surface area contributed by atoms with E-state index in [1.807, 2.05) is 12.1 Å². The zero-order chi connectivity index (χ0) is 17.9. The minimum atomic E-state index is -0.395. The van der Waals surface area contributed by atoms with E-state index in [4.69, 9.17) is 5.73 Å². The fraction of sp³-hybridized carbons (Fsp3) is 0.636. The zero-order valence-corrected chi connectivity index (χ0v) is 15.4. The summed E-state index contributed by atoms with van der Waals surface area (Å²) in [5.41, 5.74) is 8.15. The molecule has 1 aromatic carbocycles. The maximum Gasteiger partial charge on any atom is 0.248 e. The SMILES string of the molecule is NC(=O)c1ccc2c(c1)[C@@]13CCCC[C@H]1[C@H](C2=O)N(CC1CCC1)CC3. The lowest BCUT2D eigenvalue weighted by Gasteiger charge is -2.58. The zero-order valence-electron chi connectivity index (χ0n) is 15.4. The highest BCUT2D eigenvalue weighted by Crippen LogP contribution is 2.56. The molecular formula is C22H28N2O2. The number of Topliss-reactive ketones (excluding diaryl/α,β-unsaturated/α-hetero) is 1. The number of hydrogen-bond acceptors (Lipinski definition) is 3.